The van der Waals surface area contributed by atoms with E-state index < -0.39 is 0 Å². The Morgan fingerprint density at radius 1 is 1.18 bits per heavy atom. The fourth-order valence-electron chi connectivity index (χ4n) is 2.88. The molecule has 0 aliphatic carbocycles. The molecule has 0 bridgehead atoms. The van der Waals surface area contributed by atoms with Crippen molar-refractivity contribution >= 4 is 23.2 Å². The summed E-state index contributed by atoms with van der Waals surface area (Å²) in [5.41, 5.74) is 2.62. The largest absolute Gasteiger partial charge is 0.360 e. The zero-order valence-electron chi connectivity index (χ0n) is 15.3. The molecular formula is C18H16ClN7O2. The van der Waals surface area contributed by atoms with Crippen LogP contribution in [0.2, 0.25) is 5.02 Å². The normalized spacial score (nSPS) is 11.0. The molecule has 28 heavy (non-hydrogen) atoms. The lowest BCUT2D eigenvalue weighted by molar-refractivity contribution is 0.102. The van der Waals surface area contributed by atoms with Gasteiger partial charge in [-0.3, -0.25) is 14.0 Å². The molecule has 4 rings (SSSR count). The number of rotatable bonds is 4. The minimum atomic E-state index is -0.376. The molecule has 0 aliphatic rings. The van der Waals surface area contributed by atoms with Crippen molar-refractivity contribution in [3.05, 3.63) is 59.0 Å². The average Bonchev–Trinajstić information content (AvgIpc) is 3.39. The summed E-state index contributed by atoms with van der Waals surface area (Å²) in [6, 6.07) is 7.15. The van der Waals surface area contributed by atoms with Crippen LogP contribution in [0.25, 0.3) is 17.1 Å². The Hall–Kier alpha value is -3.46. The van der Waals surface area contributed by atoms with E-state index in [1.54, 1.807) is 35.4 Å². The number of aryl methyl sites for hydroxylation is 2. The number of hydrogen-bond acceptors (Lipinski definition) is 6. The van der Waals surface area contributed by atoms with Crippen molar-refractivity contribution in [1.82, 2.24) is 29.7 Å². The van der Waals surface area contributed by atoms with E-state index in [0.29, 0.717) is 39.1 Å². The molecule has 142 valence electrons. The Balaban J connectivity index is 1.76. The van der Waals surface area contributed by atoms with Crippen molar-refractivity contribution in [2.24, 2.45) is 7.05 Å². The zero-order chi connectivity index (χ0) is 19.8. The molecule has 0 spiro atoms. The molecule has 0 saturated heterocycles. The van der Waals surface area contributed by atoms with Crippen molar-refractivity contribution in [1.29, 1.82) is 0 Å². The predicted octanol–water partition coefficient (Wildman–Crippen LogP) is 3.18. The number of halogens is 1. The van der Waals surface area contributed by atoms with Crippen LogP contribution in [0.1, 0.15) is 21.8 Å². The van der Waals surface area contributed by atoms with Crippen LogP contribution in [0.3, 0.4) is 0 Å². The van der Waals surface area contributed by atoms with Crippen molar-refractivity contribution < 1.29 is 9.32 Å². The van der Waals surface area contributed by atoms with E-state index in [9.17, 15) is 4.79 Å². The van der Waals surface area contributed by atoms with Gasteiger partial charge in [-0.25, -0.2) is 0 Å². The van der Waals surface area contributed by atoms with Crippen LogP contribution in [0.5, 0.6) is 0 Å². The third kappa shape index (κ3) is 2.95. The van der Waals surface area contributed by atoms with Crippen LogP contribution >= 0.6 is 11.6 Å². The first-order chi connectivity index (χ1) is 13.5. The highest BCUT2D eigenvalue weighted by Gasteiger charge is 2.25. The van der Waals surface area contributed by atoms with Crippen molar-refractivity contribution in [2.45, 2.75) is 13.8 Å². The van der Waals surface area contributed by atoms with E-state index in [0.717, 1.165) is 5.69 Å². The van der Waals surface area contributed by atoms with Crippen LogP contribution in [0.15, 0.2) is 41.4 Å². The summed E-state index contributed by atoms with van der Waals surface area (Å²) in [5.74, 6) is 0.519. The number of hydrogen-bond donors (Lipinski definition) is 1. The lowest BCUT2D eigenvalue weighted by atomic mass is 10.1. The lowest BCUT2D eigenvalue weighted by Gasteiger charge is -2.08. The third-order valence-electron chi connectivity index (χ3n) is 4.44. The van der Waals surface area contributed by atoms with E-state index >= 15 is 0 Å². The first kappa shape index (κ1) is 17.9. The van der Waals surface area contributed by atoms with Crippen molar-refractivity contribution in [3.63, 3.8) is 0 Å². The fraction of sp³-hybridized carbons (Fsp3) is 0.167. The fourth-order valence-corrected chi connectivity index (χ4v) is 3.11. The van der Waals surface area contributed by atoms with Crippen LogP contribution in [-0.4, -0.2) is 35.6 Å². The van der Waals surface area contributed by atoms with Gasteiger partial charge in [-0.15, -0.1) is 10.2 Å². The molecule has 1 N–H and O–H groups in total. The van der Waals surface area contributed by atoms with Gasteiger partial charge in [0, 0.05) is 12.6 Å². The quantitative estimate of drug-likeness (QED) is 0.567. The summed E-state index contributed by atoms with van der Waals surface area (Å²) in [7, 11) is 1.79. The first-order valence-corrected chi connectivity index (χ1v) is 8.76. The molecule has 0 unspecified atom stereocenters. The standard InChI is InChI=1S/C18H16ClN7O2/c1-10-15(17(23-25(10)3)26-8-20-21-9-26)22-18(27)14-11(2)28-24-16(14)12-6-4-5-7-13(12)19/h4-9H,1-3H3,(H,22,27). The van der Waals surface area contributed by atoms with E-state index in [-0.39, 0.29) is 5.91 Å². The minimum Gasteiger partial charge on any atom is -0.360 e. The number of aromatic nitrogens is 6. The molecule has 1 aromatic carbocycles. The maximum absolute atomic E-state index is 13.2. The van der Waals surface area contributed by atoms with E-state index in [1.807, 2.05) is 19.1 Å². The van der Waals surface area contributed by atoms with Gasteiger partial charge in [0.15, 0.2) is 5.82 Å². The summed E-state index contributed by atoms with van der Waals surface area (Å²) in [4.78, 5) is 13.2. The predicted molar refractivity (Wildman–Crippen MR) is 103 cm³/mol. The molecule has 1 amide bonds. The van der Waals surface area contributed by atoms with Gasteiger partial charge in [0.25, 0.3) is 5.91 Å². The highest BCUT2D eigenvalue weighted by molar-refractivity contribution is 6.33. The van der Waals surface area contributed by atoms with Gasteiger partial charge in [0.2, 0.25) is 0 Å². The Labute approximate surface area is 164 Å². The molecule has 0 atom stereocenters. The van der Waals surface area contributed by atoms with Gasteiger partial charge in [-0.2, -0.15) is 5.10 Å². The Morgan fingerprint density at radius 2 is 1.89 bits per heavy atom. The molecule has 0 radical (unpaired) electrons. The summed E-state index contributed by atoms with van der Waals surface area (Å²) in [6.45, 7) is 3.53. The Kier molecular flexibility index (Phi) is 4.44. The van der Waals surface area contributed by atoms with Crippen LogP contribution in [0.4, 0.5) is 5.69 Å². The van der Waals surface area contributed by atoms with Gasteiger partial charge < -0.3 is 9.84 Å². The van der Waals surface area contributed by atoms with Crippen molar-refractivity contribution in [2.75, 3.05) is 5.32 Å². The van der Waals surface area contributed by atoms with Crippen LogP contribution in [-0.2, 0) is 7.05 Å². The number of carbonyl (C=O) groups excluding carboxylic acids is 1. The Morgan fingerprint density at radius 3 is 2.61 bits per heavy atom. The third-order valence-corrected chi connectivity index (χ3v) is 4.77. The van der Waals surface area contributed by atoms with Gasteiger partial charge in [-0.05, 0) is 19.9 Å². The molecule has 3 aromatic heterocycles. The van der Waals surface area contributed by atoms with Crippen LogP contribution in [0, 0.1) is 13.8 Å². The molecule has 10 heteroatoms. The molecule has 3 heterocycles. The van der Waals surface area contributed by atoms with Crippen LogP contribution < -0.4 is 5.32 Å². The summed E-state index contributed by atoms with van der Waals surface area (Å²) >= 11 is 6.28. The topological polar surface area (TPSA) is 104 Å². The monoisotopic (exact) mass is 397 g/mol. The molecule has 0 fully saturated rings. The van der Waals surface area contributed by atoms with E-state index in [4.69, 9.17) is 16.1 Å². The lowest BCUT2D eigenvalue weighted by Crippen LogP contribution is -2.15. The minimum absolute atomic E-state index is 0.311. The van der Waals surface area contributed by atoms with Gasteiger partial charge in [0.1, 0.15) is 35.4 Å². The maximum Gasteiger partial charge on any atom is 0.261 e. The number of carbonyl (C=O) groups is 1. The second-order valence-corrected chi connectivity index (χ2v) is 6.58. The molecular weight excluding hydrogens is 382 g/mol. The van der Waals surface area contributed by atoms with Gasteiger partial charge >= 0.3 is 0 Å². The van der Waals surface area contributed by atoms with E-state index in [2.05, 4.69) is 25.8 Å². The zero-order valence-corrected chi connectivity index (χ0v) is 16.1. The highest BCUT2D eigenvalue weighted by Crippen LogP contribution is 2.32. The summed E-state index contributed by atoms with van der Waals surface area (Å²) in [5, 5.41) is 19.5. The second kappa shape index (κ2) is 6.93. The number of nitrogens with zero attached hydrogens (tertiary/aromatic N) is 6. The first-order valence-electron chi connectivity index (χ1n) is 8.38. The van der Waals surface area contributed by atoms with Gasteiger partial charge in [-0.1, -0.05) is 35.0 Å². The number of anilines is 1. The average molecular weight is 398 g/mol. The molecule has 0 saturated carbocycles. The smallest absolute Gasteiger partial charge is 0.261 e. The molecule has 0 aliphatic heterocycles. The SMILES string of the molecule is Cc1onc(-c2ccccc2Cl)c1C(=O)Nc1c(-n2cnnc2)nn(C)c1C. The number of benzene rings is 1. The van der Waals surface area contributed by atoms with E-state index in [1.165, 1.54) is 12.7 Å². The molecule has 9 nitrogen and oxygen atoms in total. The Bertz CT molecular complexity index is 1160. The maximum atomic E-state index is 13.2. The number of amides is 1. The molecule has 4 aromatic rings. The summed E-state index contributed by atoms with van der Waals surface area (Å²) in [6.07, 6.45) is 3.02. The summed E-state index contributed by atoms with van der Waals surface area (Å²) < 4.78 is 8.58. The number of nitrogens with one attached hydrogen (secondary N) is 1. The van der Waals surface area contributed by atoms with Gasteiger partial charge in [0.05, 0.1) is 10.7 Å². The van der Waals surface area contributed by atoms with Crippen molar-refractivity contribution in [3.8, 4) is 17.1 Å². The highest BCUT2D eigenvalue weighted by atomic mass is 35.5. The second-order valence-electron chi connectivity index (χ2n) is 6.17.